The number of ether oxygens (including phenoxy) is 2. The summed E-state index contributed by atoms with van der Waals surface area (Å²) in [5.74, 6) is 0.476. The normalized spacial score (nSPS) is 31.4. The lowest BCUT2D eigenvalue weighted by Crippen LogP contribution is -2.41. The van der Waals surface area contributed by atoms with Gasteiger partial charge in [0, 0.05) is 23.5 Å². The van der Waals surface area contributed by atoms with Crippen LogP contribution in [0, 0.1) is 43.4 Å². The summed E-state index contributed by atoms with van der Waals surface area (Å²) in [5.41, 5.74) is 4.25. The van der Waals surface area contributed by atoms with Gasteiger partial charge in [0.2, 0.25) is 11.8 Å². The Hall–Kier alpha value is -3.35. The van der Waals surface area contributed by atoms with Gasteiger partial charge in [0.15, 0.2) is 0 Å². The highest BCUT2D eigenvalue weighted by atomic mass is 16.6. The van der Waals surface area contributed by atoms with Gasteiger partial charge in [-0.1, -0.05) is 23.4 Å². The van der Waals surface area contributed by atoms with Gasteiger partial charge < -0.3 is 14.3 Å². The topological polar surface area (TPSA) is 77.4 Å². The third-order valence-corrected chi connectivity index (χ3v) is 8.04. The van der Waals surface area contributed by atoms with Crippen LogP contribution in [0.3, 0.4) is 0 Å². The number of imide groups is 1. The SMILES string of the molecule is COc1ccc(C2=NOC3C4CC(C23)C2C(=O)N(c3c(C)cccc3C)C(=O)C42)c(OC)c1. The molecule has 6 rings (SSSR count). The van der Waals surface area contributed by atoms with E-state index in [9.17, 15) is 9.59 Å². The van der Waals surface area contributed by atoms with Gasteiger partial charge in [-0.15, -0.1) is 0 Å². The molecule has 170 valence electrons. The highest BCUT2D eigenvalue weighted by molar-refractivity contribution is 6.23. The van der Waals surface area contributed by atoms with Crippen LogP contribution in [0.5, 0.6) is 11.5 Å². The maximum atomic E-state index is 13.7. The molecule has 2 aliphatic carbocycles. The molecule has 4 aliphatic rings. The minimum atomic E-state index is -0.338. The van der Waals surface area contributed by atoms with Crippen LogP contribution in [0.1, 0.15) is 23.1 Å². The van der Waals surface area contributed by atoms with Crippen molar-refractivity contribution in [1.29, 1.82) is 0 Å². The second kappa shape index (κ2) is 7.07. The maximum absolute atomic E-state index is 13.7. The number of fused-ring (bicyclic) bond motifs is 8. The number of oxime groups is 1. The van der Waals surface area contributed by atoms with Crippen molar-refractivity contribution in [3.05, 3.63) is 53.1 Å². The van der Waals surface area contributed by atoms with E-state index in [1.807, 2.05) is 50.2 Å². The van der Waals surface area contributed by atoms with E-state index >= 15 is 0 Å². The molecule has 2 bridgehead atoms. The summed E-state index contributed by atoms with van der Waals surface area (Å²) in [6.45, 7) is 3.90. The molecule has 2 heterocycles. The summed E-state index contributed by atoms with van der Waals surface area (Å²) >= 11 is 0. The molecule has 2 aromatic carbocycles. The number of benzene rings is 2. The number of carbonyl (C=O) groups is 2. The monoisotopic (exact) mass is 446 g/mol. The smallest absolute Gasteiger partial charge is 0.238 e. The third kappa shape index (κ3) is 2.59. The van der Waals surface area contributed by atoms with Crippen LogP contribution in [0.15, 0.2) is 41.6 Å². The Labute approximate surface area is 192 Å². The Balaban J connectivity index is 1.37. The first-order chi connectivity index (χ1) is 16.0. The molecule has 33 heavy (non-hydrogen) atoms. The summed E-state index contributed by atoms with van der Waals surface area (Å²) < 4.78 is 10.9. The van der Waals surface area contributed by atoms with Crippen molar-refractivity contribution < 1.29 is 23.9 Å². The molecule has 7 heteroatoms. The second-order valence-corrected chi connectivity index (χ2v) is 9.51. The molecule has 6 atom stereocenters. The van der Waals surface area contributed by atoms with E-state index in [0.717, 1.165) is 34.5 Å². The fourth-order valence-electron chi connectivity index (χ4n) is 6.74. The van der Waals surface area contributed by atoms with E-state index in [1.165, 1.54) is 4.90 Å². The zero-order valence-electron chi connectivity index (χ0n) is 19.1. The number of anilines is 1. The zero-order chi connectivity index (χ0) is 23.0. The molecule has 0 spiro atoms. The standard InChI is InChI=1S/C26H26N2O5/c1-12-6-5-7-13(2)23(12)28-25(29)19-16-11-17(20(19)26(28)30)24-21(16)22(27-33-24)15-9-8-14(31-3)10-18(15)32-4/h5-10,16-17,19-21,24H,11H2,1-4H3. The van der Waals surface area contributed by atoms with Crippen LogP contribution >= 0.6 is 0 Å². The summed E-state index contributed by atoms with van der Waals surface area (Å²) in [5, 5.41) is 4.44. The first-order valence-corrected chi connectivity index (χ1v) is 11.4. The predicted octanol–water partition coefficient (Wildman–Crippen LogP) is 3.50. The molecule has 7 nitrogen and oxygen atoms in total. The minimum absolute atomic E-state index is 0.0127. The average Bonchev–Trinajstić information content (AvgIpc) is 3.55. The number of hydrogen-bond donors (Lipinski definition) is 0. The molecule has 6 unspecified atom stereocenters. The van der Waals surface area contributed by atoms with Gasteiger partial charge in [-0.05, 0) is 49.4 Å². The van der Waals surface area contributed by atoms with E-state index in [4.69, 9.17) is 14.3 Å². The molecule has 2 saturated carbocycles. The molecule has 1 saturated heterocycles. The maximum Gasteiger partial charge on any atom is 0.238 e. The first kappa shape index (κ1) is 20.3. The summed E-state index contributed by atoms with van der Waals surface area (Å²) in [4.78, 5) is 34.7. The zero-order valence-corrected chi connectivity index (χ0v) is 19.1. The Morgan fingerprint density at radius 2 is 1.64 bits per heavy atom. The molecule has 3 fully saturated rings. The lowest BCUT2D eigenvalue weighted by atomic mass is 9.71. The van der Waals surface area contributed by atoms with Gasteiger partial charge in [-0.2, -0.15) is 0 Å². The molecule has 2 aliphatic heterocycles. The number of amides is 2. The average molecular weight is 447 g/mol. The van der Waals surface area contributed by atoms with Crippen molar-refractivity contribution in [1.82, 2.24) is 0 Å². The number of para-hydroxylation sites is 1. The second-order valence-electron chi connectivity index (χ2n) is 9.51. The third-order valence-electron chi connectivity index (χ3n) is 8.04. The van der Waals surface area contributed by atoms with Crippen molar-refractivity contribution in [3.63, 3.8) is 0 Å². The Morgan fingerprint density at radius 1 is 0.939 bits per heavy atom. The quantitative estimate of drug-likeness (QED) is 0.672. The van der Waals surface area contributed by atoms with Gasteiger partial charge in [-0.3, -0.25) is 9.59 Å². The van der Waals surface area contributed by atoms with Gasteiger partial charge in [0.1, 0.15) is 17.6 Å². The van der Waals surface area contributed by atoms with Crippen molar-refractivity contribution >= 4 is 23.2 Å². The summed E-state index contributed by atoms with van der Waals surface area (Å²) in [6, 6.07) is 11.5. The van der Waals surface area contributed by atoms with E-state index in [2.05, 4.69) is 5.16 Å². The molecule has 2 aromatic rings. The van der Waals surface area contributed by atoms with Crippen LogP contribution in [0.25, 0.3) is 0 Å². The number of methoxy groups -OCH3 is 2. The van der Waals surface area contributed by atoms with E-state index < -0.39 is 0 Å². The van der Waals surface area contributed by atoms with Crippen LogP contribution in [0.4, 0.5) is 5.69 Å². The van der Waals surface area contributed by atoms with Gasteiger partial charge in [-0.25, -0.2) is 4.90 Å². The number of rotatable bonds is 4. The van der Waals surface area contributed by atoms with Crippen LogP contribution in [-0.4, -0.2) is 37.8 Å². The van der Waals surface area contributed by atoms with Crippen molar-refractivity contribution in [2.75, 3.05) is 19.1 Å². The summed E-state index contributed by atoms with van der Waals surface area (Å²) in [6.07, 6.45) is 0.618. The van der Waals surface area contributed by atoms with E-state index in [0.29, 0.717) is 11.5 Å². The van der Waals surface area contributed by atoms with Crippen molar-refractivity contribution in [2.24, 2.45) is 34.7 Å². The molecule has 0 radical (unpaired) electrons. The Morgan fingerprint density at radius 3 is 2.30 bits per heavy atom. The molecule has 0 aromatic heterocycles. The largest absolute Gasteiger partial charge is 0.497 e. The fourth-order valence-corrected chi connectivity index (χ4v) is 6.74. The van der Waals surface area contributed by atoms with E-state index in [-0.39, 0.29) is 47.5 Å². The van der Waals surface area contributed by atoms with E-state index in [1.54, 1.807) is 14.2 Å². The highest BCUT2D eigenvalue weighted by Crippen LogP contribution is 2.62. The highest BCUT2D eigenvalue weighted by Gasteiger charge is 2.70. The first-order valence-electron chi connectivity index (χ1n) is 11.4. The molecule has 2 amide bonds. The molecular weight excluding hydrogens is 420 g/mol. The minimum Gasteiger partial charge on any atom is -0.497 e. The van der Waals surface area contributed by atoms with Gasteiger partial charge in [0.05, 0.1) is 37.5 Å². The van der Waals surface area contributed by atoms with Crippen LogP contribution < -0.4 is 14.4 Å². The number of aryl methyl sites for hydroxylation is 2. The Bertz CT molecular complexity index is 1200. The number of carbonyl (C=O) groups excluding carboxylic acids is 2. The predicted molar refractivity (Wildman–Crippen MR) is 121 cm³/mol. The van der Waals surface area contributed by atoms with Gasteiger partial charge >= 0.3 is 0 Å². The molecular formula is C26H26N2O5. The van der Waals surface area contributed by atoms with Crippen molar-refractivity contribution in [3.8, 4) is 11.5 Å². The lowest BCUT2D eigenvalue weighted by molar-refractivity contribution is -0.125. The van der Waals surface area contributed by atoms with Crippen LogP contribution in [-0.2, 0) is 14.4 Å². The molecule has 0 N–H and O–H groups in total. The van der Waals surface area contributed by atoms with Crippen LogP contribution in [0.2, 0.25) is 0 Å². The summed E-state index contributed by atoms with van der Waals surface area (Å²) in [7, 11) is 3.23. The lowest BCUT2D eigenvalue weighted by Gasteiger charge is -2.30. The van der Waals surface area contributed by atoms with Crippen molar-refractivity contribution in [2.45, 2.75) is 26.4 Å². The Kier molecular flexibility index (Phi) is 4.34. The van der Waals surface area contributed by atoms with Gasteiger partial charge in [0.25, 0.3) is 0 Å². The number of hydrogen-bond acceptors (Lipinski definition) is 6. The number of nitrogens with zero attached hydrogens (tertiary/aromatic N) is 2. The fraction of sp³-hybridized carbons (Fsp3) is 0.423.